The van der Waals surface area contributed by atoms with E-state index in [0.717, 1.165) is 32.0 Å². The predicted molar refractivity (Wildman–Crippen MR) is 56.5 cm³/mol. The molecule has 0 aromatic carbocycles. The van der Waals surface area contributed by atoms with Crippen LogP contribution in [-0.4, -0.2) is 36.9 Å². The topological polar surface area (TPSA) is 44.4 Å². The van der Waals surface area contributed by atoms with Crippen LogP contribution >= 0.6 is 0 Å². The van der Waals surface area contributed by atoms with E-state index in [0.29, 0.717) is 0 Å². The summed E-state index contributed by atoms with van der Waals surface area (Å²) in [4.78, 5) is 13.1. The van der Waals surface area contributed by atoms with E-state index in [1.807, 2.05) is 0 Å². The molecule has 0 amide bonds. The molecule has 1 rings (SSSR count). The highest BCUT2D eigenvalue weighted by atomic mass is 16.1. The first-order valence-electron chi connectivity index (χ1n) is 4.79. The Kier molecular flexibility index (Phi) is 4.19. The average molecular weight is 195 g/mol. The van der Waals surface area contributed by atoms with Gasteiger partial charge in [0, 0.05) is 32.3 Å². The molecule has 78 valence electrons. The van der Waals surface area contributed by atoms with E-state index >= 15 is 0 Å². The quantitative estimate of drug-likeness (QED) is 0.622. The molecule has 1 saturated heterocycles. The van der Waals surface area contributed by atoms with Crippen LogP contribution in [0.15, 0.2) is 24.7 Å². The van der Waals surface area contributed by atoms with Gasteiger partial charge in [-0.3, -0.25) is 4.79 Å². The predicted octanol–water partition coefficient (Wildman–Crippen LogP) is 0.0551. The summed E-state index contributed by atoms with van der Waals surface area (Å²) in [5, 5.41) is 6.24. The fourth-order valence-electron chi connectivity index (χ4n) is 1.43. The zero-order valence-electron chi connectivity index (χ0n) is 8.55. The Labute approximate surface area is 84.7 Å². The van der Waals surface area contributed by atoms with Crippen molar-refractivity contribution in [1.29, 1.82) is 0 Å². The van der Waals surface area contributed by atoms with Crippen LogP contribution in [-0.2, 0) is 4.79 Å². The van der Waals surface area contributed by atoms with Crippen LogP contribution in [0, 0.1) is 0 Å². The standard InChI is InChI=1S/C10H17N3O/c1-3-12-10(8-9(2)14)13-6-4-11-5-7-13/h3,8,11-12H,1,4-7H2,2H3/b10-8+. The third kappa shape index (κ3) is 3.22. The van der Waals surface area contributed by atoms with Gasteiger partial charge in [0.15, 0.2) is 5.78 Å². The van der Waals surface area contributed by atoms with Gasteiger partial charge in [0.25, 0.3) is 0 Å². The molecule has 1 fully saturated rings. The van der Waals surface area contributed by atoms with Crippen molar-refractivity contribution in [2.45, 2.75) is 6.92 Å². The number of ketones is 1. The Hall–Kier alpha value is -1.29. The van der Waals surface area contributed by atoms with Crippen LogP contribution < -0.4 is 10.6 Å². The van der Waals surface area contributed by atoms with Gasteiger partial charge in [-0.1, -0.05) is 6.58 Å². The van der Waals surface area contributed by atoms with Crippen LogP contribution in [0.4, 0.5) is 0 Å². The van der Waals surface area contributed by atoms with Gasteiger partial charge < -0.3 is 15.5 Å². The van der Waals surface area contributed by atoms with Crippen molar-refractivity contribution in [3.05, 3.63) is 24.7 Å². The summed E-state index contributed by atoms with van der Waals surface area (Å²) in [6.45, 7) is 8.88. The Bertz CT molecular complexity index is 242. The Morgan fingerprint density at radius 2 is 2.14 bits per heavy atom. The van der Waals surface area contributed by atoms with Crippen LogP contribution in [0.3, 0.4) is 0 Å². The number of allylic oxidation sites excluding steroid dienone is 1. The summed E-state index contributed by atoms with van der Waals surface area (Å²) in [6.07, 6.45) is 3.20. The van der Waals surface area contributed by atoms with Gasteiger partial charge in [0.1, 0.15) is 5.82 Å². The number of piperazine rings is 1. The highest BCUT2D eigenvalue weighted by molar-refractivity contribution is 5.87. The second-order valence-corrected chi connectivity index (χ2v) is 3.23. The first kappa shape index (κ1) is 10.8. The summed E-state index contributed by atoms with van der Waals surface area (Å²) in [7, 11) is 0. The maximum atomic E-state index is 11.0. The summed E-state index contributed by atoms with van der Waals surface area (Å²) in [5.74, 6) is 0.891. The Morgan fingerprint density at radius 1 is 1.50 bits per heavy atom. The minimum absolute atomic E-state index is 0.0490. The largest absolute Gasteiger partial charge is 0.356 e. The van der Waals surface area contributed by atoms with Crippen molar-refractivity contribution in [2.75, 3.05) is 26.2 Å². The van der Waals surface area contributed by atoms with Gasteiger partial charge in [-0.2, -0.15) is 0 Å². The molecule has 0 aromatic heterocycles. The normalized spacial score (nSPS) is 17.8. The molecule has 1 aliphatic rings. The number of rotatable bonds is 4. The number of nitrogens with zero attached hydrogens (tertiary/aromatic N) is 1. The van der Waals surface area contributed by atoms with Crippen molar-refractivity contribution >= 4 is 5.78 Å². The number of carbonyl (C=O) groups is 1. The van der Waals surface area contributed by atoms with Crippen LogP contribution in [0.25, 0.3) is 0 Å². The van der Waals surface area contributed by atoms with Crippen molar-refractivity contribution in [2.24, 2.45) is 0 Å². The van der Waals surface area contributed by atoms with E-state index in [2.05, 4.69) is 22.1 Å². The fraction of sp³-hybridized carbons (Fsp3) is 0.500. The molecule has 0 atom stereocenters. The molecule has 2 N–H and O–H groups in total. The van der Waals surface area contributed by atoms with Crippen LogP contribution in [0.1, 0.15) is 6.92 Å². The molecule has 0 radical (unpaired) electrons. The maximum absolute atomic E-state index is 11.0. The fourth-order valence-corrected chi connectivity index (χ4v) is 1.43. The molecule has 1 heterocycles. The highest BCUT2D eigenvalue weighted by Crippen LogP contribution is 2.02. The van der Waals surface area contributed by atoms with E-state index in [-0.39, 0.29) is 5.78 Å². The second kappa shape index (κ2) is 5.44. The lowest BCUT2D eigenvalue weighted by Crippen LogP contribution is -2.45. The van der Waals surface area contributed by atoms with Gasteiger partial charge in [0.05, 0.1) is 0 Å². The number of carbonyl (C=O) groups excluding carboxylic acids is 1. The summed E-state index contributed by atoms with van der Waals surface area (Å²) in [5.41, 5.74) is 0. The monoisotopic (exact) mass is 195 g/mol. The number of nitrogens with one attached hydrogen (secondary N) is 2. The molecule has 0 aliphatic carbocycles. The van der Waals surface area contributed by atoms with Crippen LogP contribution in [0.2, 0.25) is 0 Å². The molecule has 14 heavy (non-hydrogen) atoms. The molecule has 0 saturated carbocycles. The number of hydrogen-bond acceptors (Lipinski definition) is 4. The second-order valence-electron chi connectivity index (χ2n) is 3.23. The SMILES string of the molecule is C=CN/C(=C\C(C)=O)N1CCNCC1. The lowest BCUT2D eigenvalue weighted by Gasteiger charge is -2.31. The Balaban J connectivity index is 2.64. The van der Waals surface area contributed by atoms with Gasteiger partial charge in [-0.25, -0.2) is 0 Å². The van der Waals surface area contributed by atoms with Gasteiger partial charge in [0.2, 0.25) is 0 Å². The third-order valence-corrected chi connectivity index (χ3v) is 2.05. The van der Waals surface area contributed by atoms with Crippen molar-refractivity contribution in [1.82, 2.24) is 15.5 Å². The van der Waals surface area contributed by atoms with Crippen molar-refractivity contribution < 1.29 is 4.79 Å². The highest BCUT2D eigenvalue weighted by Gasteiger charge is 2.12. The smallest absolute Gasteiger partial charge is 0.156 e. The summed E-state index contributed by atoms with van der Waals surface area (Å²) < 4.78 is 0. The minimum Gasteiger partial charge on any atom is -0.356 e. The van der Waals surface area contributed by atoms with Crippen LogP contribution in [0.5, 0.6) is 0 Å². The lowest BCUT2D eigenvalue weighted by molar-refractivity contribution is -0.112. The van der Waals surface area contributed by atoms with Gasteiger partial charge in [-0.15, -0.1) is 0 Å². The van der Waals surface area contributed by atoms with E-state index < -0.39 is 0 Å². The van der Waals surface area contributed by atoms with Crippen molar-refractivity contribution in [3.63, 3.8) is 0 Å². The van der Waals surface area contributed by atoms with E-state index in [4.69, 9.17) is 0 Å². The molecule has 0 bridgehead atoms. The molecular formula is C10H17N3O. The lowest BCUT2D eigenvalue weighted by atomic mass is 10.3. The summed E-state index contributed by atoms with van der Waals surface area (Å²) in [6, 6.07) is 0. The van der Waals surface area contributed by atoms with E-state index in [9.17, 15) is 4.79 Å². The van der Waals surface area contributed by atoms with Gasteiger partial charge in [-0.05, 0) is 13.1 Å². The average Bonchev–Trinajstić information content (AvgIpc) is 2.18. The molecule has 4 nitrogen and oxygen atoms in total. The maximum Gasteiger partial charge on any atom is 0.156 e. The molecule has 0 spiro atoms. The summed E-state index contributed by atoms with van der Waals surface area (Å²) >= 11 is 0. The first-order valence-corrected chi connectivity index (χ1v) is 4.79. The Morgan fingerprint density at radius 3 is 2.64 bits per heavy atom. The zero-order valence-corrected chi connectivity index (χ0v) is 8.55. The third-order valence-electron chi connectivity index (χ3n) is 2.05. The van der Waals surface area contributed by atoms with Crippen molar-refractivity contribution in [3.8, 4) is 0 Å². The molecule has 0 aromatic rings. The van der Waals surface area contributed by atoms with E-state index in [1.165, 1.54) is 0 Å². The van der Waals surface area contributed by atoms with Gasteiger partial charge >= 0.3 is 0 Å². The molecule has 0 unspecified atom stereocenters. The zero-order chi connectivity index (χ0) is 10.4. The molecular weight excluding hydrogens is 178 g/mol. The molecule has 4 heteroatoms. The molecule has 1 aliphatic heterocycles. The number of hydrogen-bond donors (Lipinski definition) is 2. The minimum atomic E-state index is 0.0490. The van der Waals surface area contributed by atoms with E-state index in [1.54, 1.807) is 19.2 Å². The first-order chi connectivity index (χ1) is 6.74.